The average Bonchev–Trinajstić information content (AvgIpc) is 3.36. The molecule has 7 rings (SSSR count). The number of aryl methyl sites for hydroxylation is 1. The summed E-state index contributed by atoms with van der Waals surface area (Å²) in [4.78, 5) is 16.1. The fourth-order valence-corrected chi connectivity index (χ4v) is 7.51. The quantitative estimate of drug-likeness (QED) is 0.0981. The van der Waals surface area contributed by atoms with Gasteiger partial charge < -0.3 is 49.6 Å². The van der Waals surface area contributed by atoms with E-state index >= 15 is 0 Å². The van der Waals surface area contributed by atoms with E-state index in [0.717, 1.165) is 75.3 Å². The smallest absolute Gasteiger partial charge is 0.407 e. The number of amides is 1. The second-order valence-corrected chi connectivity index (χ2v) is 17.7. The molecule has 2 fully saturated rings. The van der Waals surface area contributed by atoms with Crippen LogP contribution in [0.4, 0.5) is 38.1 Å². The van der Waals surface area contributed by atoms with E-state index in [1.807, 2.05) is 73.6 Å². The van der Waals surface area contributed by atoms with Crippen molar-refractivity contribution in [3.63, 3.8) is 0 Å². The van der Waals surface area contributed by atoms with Crippen LogP contribution in [0.1, 0.15) is 79.7 Å². The Bertz CT molecular complexity index is 2310. The van der Waals surface area contributed by atoms with Gasteiger partial charge in [-0.25, -0.2) is 26.7 Å². The molecule has 0 radical (unpaired) electrons. The number of phenols is 1. The molecule has 74 heavy (non-hydrogen) atoms. The standard InChI is InChI=1S/C19H29FN2O3.C14H21FN2O.C9H11FO.C8H9FO.C6H5FO.2ClH/c1-5-24-17-15(20)7-6-8-16(17)22-11-9-14(10-12-22)13-21-18(23)25-19(2,3)4;1-2-18-14-12(15)4-3-5-13(14)17-8-6-11(10-16)7-9-17;1-3-11-9-7(2)5-4-6-8(9)10;1-2-10-8-6-4-3-5-7(8)9;7-5-3-1-2-4-6(5)8;;/h6-8,14H,5,9-13H2,1-4H3,(H,21,23);3-5,11H,2,6-10,16H2,1H3;4-6H,3H2,1-2H3;3-6H,2H2,1H3;1-4,8H;2*1H. The molecule has 0 unspecified atom stereocenters. The zero-order valence-corrected chi connectivity index (χ0v) is 45.6. The maximum absolute atomic E-state index is 14.0. The average molecular weight is 1080 g/mol. The minimum atomic E-state index is -0.576. The summed E-state index contributed by atoms with van der Waals surface area (Å²) >= 11 is 0. The number of anilines is 2. The summed E-state index contributed by atoms with van der Waals surface area (Å²) in [7, 11) is 0. The lowest BCUT2D eigenvalue weighted by Gasteiger charge is -2.34. The van der Waals surface area contributed by atoms with E-state index in [-0.39, 0.29) is 59.9 Å². The van der Waals surface area contributed by atoms with Gasteiger partial charge in [0, 0.05) is 32.7 Å². The third-order valence-electron chi connectivity index (χ3n) is 11.1. The largest absolute Gasteiger partial charge is 0.505 e. The third-order valence-corrected chi connectivity index (χ3v) is 11.1. The van der Waals surface area contributed by atoms with Gasteiger partial charge in [0.2, 0.25) is 0 Å². The second-order valence-electron chi connectivity index (χ2n) is 17.7. The van der Waals surface area contributed by atoms with Gasteiger partial charge in [0.25, 0.3) is 0 Å². The van der Waals surface area contributed by atoms with E-state index in [1.54, 1.807) is 42.5 Å². The molecule has 5 aromatic carbocycles. The molecule has 4 N–H and O–H groups in total. The molecule has 0 saturated carbocycles. The summed E-state index contributed by atoms with van der Waals surface area (Å²) in [5.74, 6) is 0.333. The van der Waals surface area contributed by atoms with Crippen molar-refractivity contribution >= 4 is 42.3 Å². The van der Waals surface area contributed by atoms with Crippen LogP contribution in [0.5, 0.6) is 28.7 Å². The fraction of sp³-hybridized carbons (Fsp3) is 0.446. The number of aromatic hydroxyl groups is 1. The van der Waals surface area contributed by atoms with Crippen LogP contribution in [0, 0.1) is 47.8 Å². The molecule has 2 heterocycles. The molecule has 0 spiro atoms. The van der Waals surface area contributed by atoms with Crippen LogP contribution in [0.3, 0.4) is 0 Å². The molecule has 0 aromatic heterocycles. The zero-order valence-electron chi connectivity index (χ0n) is 43.9. The molecular weight excluding hydrogens is 1010 g/mol. The molecule has 18 heteroatoms. The molecule has 2 aliphatic rings. The Morgan fingerprint density at radius 2 is 0.986 bits per heavy atom. The van der Waals surface area contributed by atoms with Crippen LogP contribution < -0.4 is 39.8 Å². The van der Waals surface area contributed by atoms with Crippen molar-refractivity contribution in [1.82, 2.24) is 5.32 Å². The van der Waals surface area contributed by atoms with E-state index in [1.165, 1.54) is 42.5 Å². The molecular formula is C56H77Cl2F5N4O7. The zero-order chi connectivity index (χ0) is 53.1. The number of ether oxygens (including phenoxy) is 5. The molecule has 2 aliphatic heterocycles. The first-order chi connectivity index (χ1) is 34.5. The van der Waals surface area contributed by atoms with Crippen molar-refractivity contribution in [2.75, 3.05) is 75.5 Å². The van der Waals surface area contributed by atoms with Gasteiger partial charge >= 0.3 is 6.09 Å². The van der Waals surface area contributed by atoms with Crippen LogP contribution in [-0.2, 0) is 4.74 Å². The third kappa shape index (κ3) is 23.1. The van der Waals surface area contributed by atoms with E-state index < -0.39 is 11.4 Å². The number of rotatable bonds is 13. The molecule has 0 aliphatic carbocycles. The Kier molecular flexibility index (Phi) is 31.6. The number of carbonyl (C=O) groups excluding carboxylic acids is 1. The van der Waals surface area contributed by atoms with E-state index in [2.05, 4.69) is 15.1 Å². The number of nitrogens with two attached hydrogens (primary N) is 1. The van der Waals surface area contributed by atoms with E-state index in [0.29, 0.717) is 67.8 Å². The lowest BCUT2D eigenvalue weighted by molar-refractivity contribution is 0.0516. The highest BCUT2D eigenvalue weighted by atomic mass is 35.5. The number of benzene rings is 5. The number of hydrogen-bond donors (Lipinski definition) is 3. The number of piperidine rings is 2. The van der Waals surface area contributed by atoms with E-state index in [4.69, 9.17) is 34.5 Å². The van der Waals surface area contributed by atoms with Gasteiger partial charge in [-0.2, -0.15) is 0 Å². The maximum Gasteiger partial charge on any atom is 0.407 e. The SMILES string of the molecule is CCOc1c(C)cccc1F.CCOc1c(F)cccc1N1CCC(CN)CC1.CCOc1c(F)cccc1N1CCC(CNC(=O)OC(C)(C)C)CC1.CCOc1ccccc1F.Cl.Cl.Oc1ccccc1F. The predicted molar refractivity (Wildman–Crippen MR) is 291 cm³/mol. The Morgan fingerprint density at radius 3 is 1.39 bits per heavy atom. The highest BCUT2D eigenvalue weighted by Crippen LogP contribution is 2.35. The molecule has 0 atom stereocenters. The monoisotopic (exact) mass is 1080 g/mol. The number of nitrogens with zero attached hydrogens (tertiary/aromatic N) is 2. The topological polar surface area (TPSA) is 128 Å². The first-order valence-electron chi connectivity index (χ1n) is 24.6. The summed E-state index contributed by atoms with van der Waals surface area (Å²) in [6.45, 7) is 21.5. The fourth-order valence-electron chi connectivity index (χ4n) is 7.51. The normalized spacial score (nSPS) is 13.2. The summed E-state index contributed by atoms with van der Waals surface area (Å²) in [5, 5.41) is 11.4. The van der Waals surface area contributed by atoms with Crippen LogP contribution in [0.15, 0.2) is 103 Å². The lowest BCUT2D eigenvalue weighted by Crippen LogP contribution is -2.40. The van der Waals surface area contributed by atoms with Crippen LogP contribution in [-0.4, -0.2) is 82.5 Å². The van der Waals surface area contributed by atoms with Gasteiger partial charge in [0.15, 0.2) is 57.8 Å². The van der Waals surface area contributed by atoms with Crippen LogP contribution >= 0.6 is 24.8 Å². The number of alkyl carbamates (subject to hydrolysis) is 1. The lowest BCUT2D eigenvalue weighted by atomic mass is 9.96. The minimum Gasteiger partial charge on any atom is -0.505 e. The van der Waals surface area contributed by atoms with E-state index in [9.17, 15) is 26.7 Å². The van der Waals surface area contributed by atoms with Gasteiger partial charge in [0.05, 0.1) is 37.8 Å². The molecule has 11 nitrogen and oxygen atoms in total. The Hall–Kier alpha value is -5.84. The molecule has 1 amide bonds. The van der Waals surface area contributed by atoms with Crippen molar-refractivity contribution in [2.45, 2.75) is 86.7 Å². The number of halogens is 7. The molecule has 412 valence electrons. The first-order valence-corrected chi connectivity index (χ1v) is 24.6. The van der Waals surface area contributed by atoms with Crippen molar-refractivity contribution in [2.24, 2.45) is 17.6 Å². The van der Waals surface area contributed by atoms with Crippen molar-refractivity contribution < 1.29 is 55.5 Å². The summed E-state index contributed by atoms with van der Waals surface area (Å²) < 4.78 is 91.6. The number of hydrogen-bond acceptors (Lipinski definition) is 10. The summed E-state index contributed by atoms with van der Waals surface area (Å²) in [5.41, 5.74) is 7.71. The van der Waals surface area contributed by atoms with Crippen LogP contribution in [0.25, 0.3) is 0 Å². The van der Waals surface area contributed by atoms with Gasteiger partial charge in [-0.3, -0.25) is 0 Å². The van der Waals surface area contributed by atoms with Crippen molar-refractivity contribution in [3.8, 4) is 28.7 Å². The molecule has 2 saturated heterocycles. The predicted octanol–water partition coefficient (Wildman–Crippen LogP) is 13.5. The number of nitrogens with one attached hydrogen (secondary N) is 1. The van der Waals surface area contributed by atoms with Gasteiger partial charge in [-0.05, 0) is 160 Å². The Labute approximate surface area is 447 Å². The molecule has 0 bridgehead atoms. The van der Waals surface area contributed by atoms with Crippen molar-refractivity contribution in [3.05, 3.63) is 138 Å². The second kappa shape index (κ2) is 35.4. The van der Waals surface area contributed by atoms with Gasteiger partial charge in [-0.1, -0.05) is 48.5 Å². The first kappa shape index (κ1) is 66.2. The number of carbonyl (C=O) groups is 1. The number of para-hydroxylation sites is 5. The highest BCUT2D eigenvalue weighted by Gasteiger charge is 2.25. The maximum atomic E-state index is 14.0. The van der Waals surface area contributed by atoms with Crippen LogP contribution in [0.2, 0.25) is 0 Å². The van der Waals surface area contributed by atoms with Crippen molar-refractivity contribution in [1.29, 1.82) is 0 Å². The Balaban J connectivity index is 0.000000489. The van der Waals surface area contributed by atoms with Gasteiger partial charge in [-0.15, -0.1) is 24.8 Å². The molecule has 5 aromatic rings. The Morgan fingerprint density at radius 1 is 0.581 bits per heavy atom. The summed E-state index contributed by atoms with van der Waals surface area (Å²) in [6.07, 6.45) is 3.62. The number of phenolic OH excluding ortho intramolecular Hbond substituents is 1. The summed E-state index contributed by atoms with van der Waals surface area (Å²) in [6, 6.07) is 27.0. The van der Waals surface area contributed by atoms with Gasteiger partial charge in [0.1, 0.15) is 5.60 Å². The minimum absolute atomic E-state index is 0. The highest BCUT2D eigenvalue weighted by molar-refractivity contribution is 5.85.